The highest BCUT2D eigenvalue weighted by Gasteiger charge is 2.20. The van der Waals surface area contributed by atoms with Crippen molar-refractivity contribution >= 4 is 38.4 Å². The summed E-state index contributed by atoms with van der Waals surface area (Å²) >= 11 is 1.21. The molecule has 0 amide bonds. The van der Waals surface area contributed by atoms with Crippen molar-refractivity contribution in [1.82, 2.24) is 9.97 Å². The van der Waals surface area contributed by atoms with Gasteiger partial charge >= 0.3 is 5.97 Å². The Bertz CT molecular complexity index is 951. The highest BCUT2D eigenvalue weighted by Crippen LogP contribution is 2.38. The molecule has 21 heavy (non-hydrogen) atoms. The molecule has 4 nitrogen and oxygen atoms in total. The predicted molar refractivity (Wildman–Crippen MR) is 83.9 cm³/mol. The van der Waals surface area contributed by atoms with E-state index in [1.807, 2.05) is 42.5 Å². The molecular weight excluding hydrogens is 284 g/mol. The predicted octanol–water partition coefficient (Wildman–Crippen LogP) is 4.14. The zero-order valence-electron chi connectivity index (χ0n) is 10.8. The van der Waals surface area contributed by atoms with Crippen molar-refractivity contribution in [1.29, 1.82) is 0 Å². The minimum Gasteiger partial charge on any atom is -0.477 e. The van der Waals surface area contributed by atoms with E-state index in [9.17, 15) is 9.90 Å². The first-order valence-corrected chi connectivity index (χ1v) is 7.24. The van der Waals surface area contributed by atoms with E-state index >= 15 is 0 Å². The van der Waals surface area contributed by atoms with Crippen LogP contribution in [0.1, 0.15) is 9.67 Å². The molecule has 0 spiro atoms. The molecule has 102 valence electrons. The molecule has 4 aromatic rings. The van der Waals surface area contributed by atoms with Gasteiger partial charge in [0.1, 0.15) is 9.71 Å². The average Bonchev–Trinajstić information content (AvgIpc) is 3.07. The Morgan fingerprint density at radius 2 is 2.05 bits per heavy atom. The largest absolute Gasteiger partial charge is 0.477 e. The second kappa shape index (κ2) is 4.43. The van der Waals surface area contributed by atoms with Crippen LogP contribution in [0.4, 0.5) is 0 Å². The van der Waals surface area contributed by atoms with Crippen molar-refractivity contribution in [2.24, 2.45) is 0 Å². The van der Waals surface area contributed by atoms with Crippen LogP contribution in [-0.2, 0) is 0 Å². The lowest BCUT2D eigenvalue weighted by molar-refractivity contribution is 0.0703. The molecule has 0 bridgehead atoms. The summed E-state index contributed by atoms with van der Waals surface area (Å²) in [6, 6.07) is 13.6. The number of para-hydroxylation sites is 1. The number of hydrogen-bond donors (Lipinski definition) is 2. The fourth-order valence-electron chi connectivity index (χ4n) is 2.56. The SMILES string of the molecule is O=C(O)c1sc2ncccc2c1-c1cc2ccccc2[nH]1. The van der Waals surface area contributed by atoms with E-state index in [1.54, 1.807) is 6.20 Å². The van der Waals surface area contributed by atoms with Gasteiger partial charge in [-0.25, -0.2) is 9.78 Å². The number of carboxylic acid groups (broad SMARTS) is 1. The number of aromatic nitrogens is 2. The molecule has 0 saturated heterocycles. The van der Waals surface area contributed by atoms with Crippen LogP contribution in [0.25, 0.3) is 32.4 Å². The molecule has 0 radical (unpaired) electrons. The summed E-state index contributed by atoms with van der Waals surface area (Å²) in [5.41, 5.74) is 2.52. The minimum atomic E-state index is -0.924. The van der Waals surface area contributed by atoms with Crippen molar-refractivity contribution < 1.29 is 9.90 Å². The molecule has 3 heterocycles. The van der Waals surface area contributed by atoms with E-state index < -0.39 is 5.97 Å². The smallest absolute Gasteiger partial charge is 0.346 e. The van der Waals surface area contributed by atoms with Crippen molar-refractivity contribution in [3.63, 3.8) is 0 Å². The van der Waals surface area contributed by atoms with Gasteiger partial charge in [0.2, 0.25) is 0 Å². The first-order chi connectivity index (χ1) is 10.2. The van der Waals surface area contributed by atoms with Gasteiger partial charge in [0.25, 0.3) is 0 Å². The Morgan fingerprint density at radius 3 is 2.86 bits per heavy atom. The van der Waals surface area contributed by atoms with E-state index in [0.29, 0.717) is 10.4 Å². The van der Waals surface area contributed by atoms with Gasteiger partial charge < -0.3 is 10.1 Å². The fraction of sp³-hybridized carbons (Fsp3) is 0. The van der Waals surface area contributed by atoms with Gasteiger partial charge in [-0.1, -0.05) is 18.2 Å². The molecule has 5 heteroatoms. The maximum absolute atomic E-state index is 11.5. The van der Waals surface area contributed by atoms with Gasteiger partial charge in [0.15, 0.2) is 0 Å². The monoisotopic (exact) mass is 294 g/mol. The van der Waals surface area contributed by atoms with Crippen LogP contribution >= 0.6 is 11.3 Å². The lowest BCUT2D eigenvalue weighted by Gasteiger charge is -1.98. The summed E-state index contributed by atoms with van der Waals surface area (Å²) in [6.45, 7) is 0. The molecule has 1 aromatic carbocycles. The summed E-state index contributed by atoms with van der Waals surface area (Å²) in [6.07, 6.45) is 1.68. The zero-order chi connectivity index (χ0) is 14.4. The Morgan fingerprint density at radius 1 is 1.19 bits per heavy atom. The van der Waals surface area contributed by atoms with E-state index in [4.69, 9.17) is 0 Å². The second-order valence-corrected chi connectivity index (χ2v) is 5.74. The molecule has 0 atom stereocenters. The molecule has 2 N–H and O–H groups in total. The Hall–Kier alpha value is -2.66. The number of nitrogens with one attached hydrogen (secondary N) is 1. The molecule has 4 rings (SSSR count). The van der Waals surface area contributed by atoms with E-state index in [2.05, 4.69) is 9.97 Å². The molecule has 0 saturated carbocycles. The average molecular weight is 294 g/mol. The van der Waals surface area contributed by atoms with Gasteiger partial charge in [-0.15, -0.1) is 11.3 Å². The molecule has 0 aliphatic heterocycles. The molecule has 0 aliphatic rings. The third kappa shape index (κ3) is 1.82. The van der Waals surface area contributed by atoms with Crippen molar-refractivity contribution in [2.45, 2.75) is 0 Å². The van der Waals surface area contributed by atoms with Gasteiger partial charge in [-0.05, 0) is 24.3 Å². The van der Waals surface area contributed by atoms with Gasteiger partial charge in [0, 0.05) is 33.7 Å². The zero-order valence-corrected chi connectivity index (χ0v) is 11.6. The van der Waals surface area contributed by atoms with Crippen LogP contribution in [0.5, 0.6) is 0 Å². The number of carboxylic acids is 1. The molecule has 0 unspecified atom stereocenters. The van der Waals surface area contributed by atoms with Crippen LogP contribution < -0.4 is 0 Å². The number of pyridine rings is 1. The van der Waals surface area contributed by atoms with Crippen LogP contribution in [0.15, 0.2) is 48.7 Å². The van der Waals surface area contributed by atoms with Crippen LogP contribution in [-0.4, -0.2) is 21.0 Å². The quantitative estimate of drug-likeness (QED) is 0.584. The summed E-state index contributed by atoms with van der Waals surface area (Å²) in [4.78, 5) is 20.2. The van der Waals surface area contributed by atoms with Crippen molar-refractivity contribution in [3.8, 4) is 11.3 Å². The summed E-state index contributed by atoms with van der Waals surface area (Å²) in [5, 5.41) is 11.4. The number of rotatable bonds is 2. The minimum absolute atomic E-state index is 0.315. The van der Waals surface area contributed by atoms with E-state index in [1.165, 1.54) is 11.3 Å². The highest BCUT2D eigenvalue weighted by molar-refractivity contribution is 7.21. The van der Waals surface area contributed by atoms with E-state index in [0.717, 1.165) is 26.8 Å². The maximum atomic E-state index is 11.5. The number of fused-ring (bicyclic) bond motifs is 2. The second-order valence-electron chi connectivity index (χ2n) is 4.74. The molecule has 0 aliphatic carbocycles. The number of benzene rings is 1. The van der Waals surface area contributed by atoms with Gasteiger partial charge in [0.05, 0.1) is 0 Å². The number of H-pyrrole nitrogens is 1. The van der Waals surface area contributed by atoms with Crippen LogP contribution in [0.2, 0.25) is 0 Å². The Labute approximate surface area is 123 Å². The first kappa shape index (κ1) is 12.1. The fourth-order valence-corrected chi connectivity index (χ4v) is 3.55. The lowest BCUT2D eigenvalue weighted by Crippen LogP contribution is -1.94. The maximum Gasteiger partial charge on any atom is 0.346 e. The molecule has 0 fully saturated rings. The molecule has 3 aromatic heterocycles. The highest BCUT2D eigenvalue weighted by atomic mass is 32.1. The normalized spacial score (nSPS) is 11.2. The summed E-state index contributed by atoms with van der Waals surface area (Å²) < 4.78 is 0. The van der Waals surface area contributed by atoms with Crippen molar-refractivity contribution in [2.75, 3.05) is 0 Å². The van der Waals surface area contributed by atoms with Gasteiger partial charge in [-0.2, -0.15) is 0 Å². The van der Waals surface area contributed by atoms with E-state index in [-0.39, 0.29) is 0 Å². The lowest BCUT2D eigenvalue weighted by atomic mass is 10.1. The number of hydrogen-bond acceptors (Lipinski definition) is 3. The standard InChI is InChI=1S/C16H10N2O2S/c19-16(20)14-13(10-5-3-7-17-15(10)21-14)12-8-9-4-1-2-6-11(9)18-12/h1-8,18H,(H,19,20). The summed E-state index contributed by atoms with van der Waals surface area (Å²) in [5.74, 6) is -0.924. The number of carbonyl (C=O) groups is 1. The van der Waals surface area contributed by atoms with Crippen LogP contribution in [0.3, 0.4) is 0 Å². The number of aromatic carboxylic acids is 1. The van der Waals surface area contributed by atoms with Crippen LogP contribution in [0, 0.1) is 0 Å². The van der Waals surface area contributed by atoms with Crippen molar-refractivity contribution in [3.05, 3.63) is 53.5 Å². The third-order valence-electron chi connectivity index (χ3n) is 3.46. The Kier molecular flexibility index (Phi) is 2.55. The number of aromatic amines is 1. The third-order valence-corrected chi connectivity index (χ3v) is 4.56. The molecular formula is C16H10N2O2S. The number of thiophene rings is 1. The first-order valence-electron chi connectivity index (χ1n) is 6.43. The summed E-state index contributed by atoms with van der Waals surface area (Å²) in [7, 11) is 0. The van der Waals surface area contributed by atoms with Gasteiger partial charge in [-0.3, -0.25) is 0 Å². The Balaban J connectivity index is 2.08. The topological polar surface area (TPSA) is 66.0 Å². The number of nitrogens with zero attached hydrogens (tertiary/aromatic N) is 1.